The van der Waals surface area contributed by atoms with Crippen LogP contribution in [0, 0.1) is 11.6 Å². The maximum absolute atomic E-state index is 13.3. The van der Waals surface area contributed by atoms with Crippen LogP contribution in [0.15, 0.2) is 42.5 Å². The van der Waals surface area contributed by atoms with E-state index >= 15 is 0 Å². The van der Waals surface area contributed by atoms with E-state index in [0.29, 0.717) is 17.7 Å². The van der Waals surface area contributed by atoms with Gasteiger partial charge in [-0.25, -0.2) is 8.78 Å². The van der Waals surface area contributed by atoms with Crippen molar-refractivity contribution in [3.63, 3.8) is 0 Å². The fourth-order valence-electron chi connectivity index (χ4n) is 2.04. The molecule has 1 atom stereocenters. The van der Waals surface area contributed by atoms with Gasteiger partial charge in [0.1, 0.15) is 0 Å². The number of hydrogen-bond donors (Lipinski definition) is 2. The van der Waals surface area contributed by atoms with Crippen LogP contribution < -0.4 is 5.32 Å². The maximum atomic E-state index is 13.3. The molecule has 0 bridgehead atoms. The predicted octanol–water partition coefficient (Wildman–Crippen LogP) is 3.56. The first-order chi connectivity index (χ1) is 10.9. The molecular weight excluding hydrogens is 328 g/mol. The van der Waals surface area contributed by atoms with Gasteiger partial charge in [-0.2, -0.15) is 0 Å². The molecule has 0 aliphatic heterocycles. The van der Waals surface area contributed by atoms with E-state index in [-0.39, 0.29) is 17.0 Å². The molecule has 0 radical (unpaired) electrons. The molecule has 0 saturated carbocycles. The first-order valence-corrected chi connectivity index (χ1v) is 6.98. The molecule has 2 aromatic rings. The number of aliphatic carboxylic acids is 1. The van der Waals surface area contributed by atoms with Gasteiger partial charge >= 0.3 is 5.97 Å². The monoisotopic (exact) mass is 339 g/mol. The van der Waals surface area contributed by atoms with E-state index in [1.165, 1.54) is 0 Å². The van der Waals surface area contributed by atoms with Gasteiger partial charge in [-0.15, -0.1) is 0 Å². The van der Waals surface area contributed by atoms with Crippen LogP contribution in [0.5, 0.6) is 0 Å². The first kappa shape index (κ1) is 16.9. The van der Waals surface area contributed by atoms with Gasteiger partial charge in [-0.05, 0) is 17.7 Å². The second-order valence-corrected chi connectivity index (χ2v) is 5.19. The fourth-order valence-corrected chi connectivity index (χ4v) is 2.28. The smallest absolute Gasteiger partial charge is 0.305 e. The van der Waals surface area contributed by atoms with Crippen LogP contribution in [0.1, 0.15) is 28.4 Å². The van der Waals surface area contributed by atoms with E-state index in [1.807, 2.05) is 0 Å². The lowest BCUT2D eigenvalue weighted by atomic mass is 10.0. The highest BCUT2D eigenvalue weighted by atomic mass is 35.5. The second kappa shape index (κ2) is 7.19. The Morgan fingerprint density at radius 2 is 1.74 bits per heavy atom. The Bertz CT molecular complexity index is 738. The summed E-state index contributed by atoms with van der Waals surface area (Å²) < 4.78 is 26.3. The summed E-state index contributed by atoms with van der Waals surface area (Å²) in [5.74, 6) is -4.29. The molecule has 4 nitrogen and oxygen atoms in total. The van der Waals surface area contributed by atoms with Crippen molar-refractivity contribution in [3.05, 3.63) is 70.2 Å². The summed E-state index contributed by atoms with van der Waals surface area (Å²) in [6.07, 6.45) is -0.364. The average molecular weight is 340 g/mol. The normalized spacial score (nSPS) is 11.8. The molecule has 2 aromatic carbocycles. The van der Waals surface area contributed by atoms with Crippen LogP contribution in [0.25, 0.3) is 0 Å². The van der Waals surface area contributed by atoms with Crippen molar-refractivity contribution in [3.8, 4) is 0 Å². The molecule has 1 amide bonds. The molecule has 1 unspecified atom stereocenters. The Morgan fingerprint density at radius 1 is 1.13 bits per heavy atom. The zero-order chi connectivity index (χ0) is 17.0. The minimum absolute atomic E-state index is 0.261. The van der Waals surface area contributed by atoms with Crippen LogP contribution >= 0.6 is 11.6 Å². The number of amides is 1. The summed E-state index contributed by atoms with van der Waals surface area (Å²) in [5.41, 5.74) is 0.304. The van der Waals surface area contributed by atoms with Crippen molar-refractivity contribution in [2.24, 2.45) is 0 Å². The summed E-state index contributed by atoms with van der Waals surface area (Å²) in [6.45, 7) is 0. The summed E-state index contributed by atoms with van der Waals surface area (Å²) in [4.78, 5) is 23.2. The molecule has 0 heterocycles. The lowest BCUT2D eigenvalue weighted by molar-refractivity contribution is -0.137. The molecule has 0 aromatic heterocycles. The number of benzene rings is 2. The minimum Gasteiger partial charge on any atom is -0.481 e. The third-order valence-electron chi connectivity index (χ3n) is 3.14. The number of halogens is 3. The third kappa shape index (κ3) is 4.26. The predicted molar refractivity (Wildman–Crippen MR) is 80.3 cm³/mol. The first-order valence-electron chi connectivity index (χ1n) is 6.60. The van der Waals surface area contributed by atoms with Crippen molar-refractivity contribution < 1.29 is 23.5 Å². The number of hydrogen-bond acceptors (Lipinski definition) is 2. The Hall–Kier alpha value is -2.47. The van der Waals surface area contributed by atoms with Crippen LogP contribution in [0.4, 0.5) is 8.78 Å². The molecule has 2 rings (SSSR count). The molecular formula is C16H12ClF2NO3. The zero-order valence-electron chi connectivity index (χ0n) is 11.7. The average Bonchev–Trinajstić information content (AvgIpc) is 2.50. The van der Waals surface area contributed by atoms with Crippen molar-refractivity contribution in [1.29, 1.82) is 0 Å². The van der Waals surface area contributed by atoms with Gasteiger partial charge in [0.05, 0.1) is 23.0 Å². The molecule has 2 N–H and O–H groups in total. The molecule has 0 aliphatic carbocycles. The largest absolute Gasteiger partial charge is 0.481 e. The van der Waals surface area contributed by atoms with E-state index in [0.717, 1.165) is 0 Å². The van der Waals surface area contributed by atoms with Gasteiger partial charge in [-0.1, -0.05) is 41.9 Å². The van der Waals surface area contributed by atoms with Gasteiger partial charge < -0.3 is 10.4 Å². The Labute approximate surface area is 135 Å². The van der Waals surface area contributed by atoms with E-state index in [4.69, 9.17) is 16.7 Å². The van der Waals surface area contributed by atoms with Crippen LogP contribution in [0.2, 0.25) is 5.02 Å². The van der Waals surface area contributed by atoms with Crippen LogP contribution in [-0.4, -0.2) is 17.0 Å². The number of carbonyl (C=O) groups excluding carboxylic acids is 1. The number of carbonyl (C=O) groups is 2. The Kier molecular flexibility index (Phi) is 5.28. The highest BCUT2D eigenvalue weighted by Gasteiger charge is 2.21. The summed E-state index contributed by atoms with van der Waals surface area (Å²) in [5, 5.41) is 11.2. The Balaban J connectivity index is 2.28. The lowest BCUT2D eigenvalue weighted by Crippen LogP contribution is -2.30. The van der Waals surface area contributed by atoms with E-state index in [1.54, 1.807) is 30.3 Å². The highest BCUT2D eigenvalue weighted by Crippen LogP contribution is 2.22. The molecule has 23 heavy (non-hydrogen) atoms. The molecule has 120 valence electrons. The molecule has 0 spiro atoms. The highest BCUT2D eigenvalue weighted by molar-refractivity contribution is 6.33. The SMILES string of the molecule is O=C(O)CC(NC(=O)c1cc(F)c(F)cc1Cl)c1ccccc1. The zero-order valence-corrected chi connectivity index (χ0v) is 12.5. The molecule has 0 aliphatic rings. The van der Waals surface area contributed by atoms with Gasteiger partial charge in [0.2, 0.25) is 0 Å². The van der Waals surface area contributed by atoms with E-state index in [9.17, 15) is 18.4 Å². The number of carboxylic acid groups (broad SMARTS) is 1. The van der Waals surface area contributed by atoms with Gasteiger partial charge in [0, 0.05) is 0 Å². The van der Waals surface area contributed by atoms with Gasteiger partial charge in [-0.3, -0.25) is 9.59 Å². The van der Waals surface area contributed by atoms with Crippen molar-refractivity contribution in [2.75, 3.05) is 0 Å². The van der Waals surface area contributed by atoms with Gasteiger partial charge in [0.25, 0.3) is 5.91 Å². The molecule has 0 saturated heterocycles. The van der Waals surface area contributed by atoms with E-state index < -0.39 is 29.6 Å². The molecule has 0 fully saturated rings. The Morgan fingerprint density at radius 3 is 2.35 bits per heavy atom. The standard InChI is InChI=1S/C16H12ClF2NO3/c17-11-7-13(19)12(18)6-10(11)16(23)20-14(8-15(21)22)9-4-2-1-3-5-9/h1-7,14H,8H2,(H,20,23)(H,21,22). The number of nitrogens with one attached hydrogen (secondary N) is 1. The minimum atomic E-state index is -1.21. The summed E-state index contributed by atoms with van der Waals surface area (Å²) in [7, 11) is 0. The van der Waals surface area contributed by atoms with Crippen LogP contribution in [-0.2, 0) is 4.79 Å². The summed E-state index contributed by atoms with van der Waals surface area (Å²) in [6, 6.07) is 8.99. The van der Waals surface area contributed by atoms with Crippen molar-refractivity contribution >= 4 is 23.5 Å². The number of rotatable bonds is 5. The molecule has 7 heteroatoms. The van der Waals surface area contributed by atoms with Crippen LogP contribution in [0.3, 0.4) is 0 Å². The quantitative estimate of drug-likeness (QED) is 0.818. The lowest BCUT2D eigenvalue weighted by Gasteiger charge is -2.18. The van der Waals surface area contributed by atoms with Crippen molar-refractivity contribution in [1.82, 2.24) is 5.32 Å². The third-order valence-corrected chi connectivity index (χ3v) is 3.45. The second-order valence-electron chi connectivity index (χ2n) is 4.78. The van der Waals surface area contributed by atoms with Crippen molar-refractivity contribution in [2.45, 2.75) is 12.5 Å². The van der Waals surface area contributed by atoms with E-state index in [2.05, 4.69) is 5.32 Å². The summed E-state index contributed by atoms with van der Waals surface area (Å²) >= 11 is 5.75. The topological polar surface area (TPSA) is 66.4 Å². The fraction of sp³-hybridized carbons (Fsp3) is 0.125. The maximum Gasteiger partial charge on any atom is 0.305 e. The van der Waals surface area contributed by atoms with Gasteiger partial charge in [0.15, 0.2) is 11.6 Å². The number of carboxylic acids is 1.